The SMILES string of the molecule is CC/C=C\C/C=C\C/C=C\C/C=C\C/C=C\CCCCCCCC(=O)OC(COC(=O)CCCCCCCCCCCCCCCCC)COC(=O)CCCCCCCCCCCCCCCCCCC/C=C\CCCCCCCCCC. The van der Waals surface area contributed by atoms with Gasteiger partial charge < -0.3 is 14.2 Å². The predicted molar refractivity (Wildman–Crippen MR) is 362 cm³/mol. The molecule has 0 aromatic rings. The summed E-state index contributed by atoms with van der Waals surface area (Å²) in [7, 11) is 0. The number of unbranched alkanes of at least 4 members (excludes halogenated alkanes) is 44. The second-order valence-corrected chi connectivity index (χ2v) is 24.5. The standard InChI is InChI=1S/C77H138O6/c1-4-7-10-13-16-19-22-25-28-30-32-34-35-36-37-38-39-40-41-43-44-46-49-52-55-58-61-64-67-70-76(79)82-73-74(72-81-75(78)69-66-63-60-57-54-51-48-27-24-21-18-15-12-9-6-3)83-77(80)71-68-65-62-59-56-53-50-47-45-42-33-31-29-26-23-20-17-14-11-8-5-2/h8,11,17,20,26,29-30,32-33,42,47,50,74H,4-7,9-10,12-16,18-19,21-25,27-28,31,34-41,43-46,48-49,51-73H2,1-3H3/b11-8-,20-17-,29-26-,32-30-,42-33-,50-47-. The minimum Gasteiger partial charge on any atom is -0.462 e. The Morgan fingerprint density at radius 3 is 0.747 bits per heavy atom. The molecule has 482 valence electrons. The van der Waals surface area contributed by atoms with E-state index in [1.54, 1.807) is 0 Å². The molecule has 0 bridgehead atoms. The molecule has 0 heterocycles. The van der Waals surface area contributed by atoms with Gasteiger partial charge in [-0.3, -0.25) is 14.4 Å². The van der Waals surface area contributed by atoms with Crippen molar-refractivity contribution < 1.29 is 28.6 Å². The van der Waals surface area contributed by atoms with Crippen molar-refractivity contribution >= 4 is 17.9 Å². The molecule has 0 spiro atoms. The molecular formula is C77H138O6. The summed E-state index contributed by atoms with van der Waals surface area (Å²) in [4.78, 5) is 38.5. The molecule has 0 saturated heterocycles. The Morgan fingerprint density at radius 2 is 0.470 bits per heavy atom. The van der Waals surface area contributed by atoms with Crippen molar-refractivity contribution in [3.63, 3.8) is 0 Å². The Morgan fingerprint density at radius 1 is 0.253 bits per heavy atom. The minimum atomic E-state index is -0.785. The van der Waals surface area contributed by atoms with E-state index in [0.29, 0.717) is 19.3 Å². The second-order valence-electron chi connectivity index (χ2n) is 24.5. The fourth-order valence-corrected chi connectivity index (χ4v) is 10.8. The van der Waals surface area contributed by atoms with Crippen molar-refractivity contribution in [2.75, 3.05) is 13.2 Å². The van der Waals surface area contributed by atoms with Crippen molar-refractivity contribution in [2.45, 2.75) is 386 Å². The zero-order chi connectivity index (χ0) is 59.9. The summed E-state index contributed by atoms with van der Waals surface area (Å²) in [6, 6.07) is 0. The fourth-order valence-electron chi connectivity index (χ4n) is 10.8. The molecule has 1 unspecified atom stereocenters. The van der Waals surface area contributed by atoms with Gasteiger partial charge in [0.05, 0.1) is 0 Å². The molecule has 0 aliphatic carbocycles. The van der Waals surface area contributed by atoms with E-state index in [4.69, 9.17) is 14.2 Å². The van der Waals surface area contributed by atoms with Gasteiger partial charge in [0.1, 0.15) is 13.2 Å². The summed E-state index contributed by atoms with van der Waals surface area (Å²) >= 11 is 0. The molecule has 0 rings (SSSR count). The highest BCUT2D eigenvalue weighted by Crippen LogP contribution is 2.18. The van der Waals surface area contributed by atoms with E-state index in [0.717, 1.165) is 109 Å². The molecule has 0 N–H and O–H groups in total. The predicted octanol–water partition coefficient (Wildman–Crippen LogP) is 25.2. The summed E-state index contributed by atoms with van der Waals surface area (Å²) < 4.78 is 17.0. The topological polar surface area (TPSA) is 78.9 Å². The van der Waals surface area contributed by atoms with Crippen molar-refractivity contribution in [3.8, 4) is 0 Å². The molecule has 6 heteroatoms. The molecule has 6 nitrogen and oxygen atoms in total. The Kier molecular flexibility index (Phi) is 68.6. The van der Waals surface area contributed by atoms with E-state index in [1.165, 1.54) is 231 Å². The highest BCUT2D eigenvalue weighted by molar-refractivity contribution is 5.71. The Hall–Kier alpha value is -3.15. The van der Waals surface area contributed by atoms with Crippen LogP contribution in [0.5, 0.6) is 0 Å². The van der Waals surface area contributed by atoms with Crippen molar-refractivity contribution in [2.24, 2.45) is 0 Å². The van der Waals surface area contributed by atoms with Gasteiger partial charge >= 0.3 is 17.9 Å². The Labute approximate surface area is 516 Å². The van der Waals surface area contributed by atoms with Crippen LogP contribution in [0.1, 0.15) is 380 Å². The first kappa shape index (κ1) is 79.8. The highest BCUT2D eigenvalue weighted by atomic mass is 16.6. The molecule has 0 amide bonds. The van der Waals surface area contributed by atoms with Crippen LogP contribution in [0, 0.1) is 0 Å². The minimum absolute atomic E-state index is 0.0789. The van der Waals surface area contributed by atoms with Gasteiger partial charge in [0.2, 0.25) is 0 Å². The van der Waals surface area contributed by atoms with Crippen molar-refractivity contribution in [1.29, 1.82) is 0 Å². The van der Waals surface area contributed by atoms with E-state index < -0.39 is 6.10 Å². The van der Waals surface area contributed by atoms with E-state index in [1.807, 2.05) is 0 Å². The molecule has 0 radical (unpaired) electrons. The quantitative estimate of drug-likeness (QED) is 0.0261. The molecule has 0 aromatic heterocycles. The number of hydrogen-bond donors (Lipinski definition) is 0. The van der Waals surface area contributed by atoms with E-state index in [-0.39, 0.29) is 31.1 Å². The number of allylic oxidation sites excluding steroid dienone is 12. The van der Waals surface area contributed by atoms with Crippen LogP contribution < -0.4 is 0 Å². The summed E-state index contributed by atoms with van der Waals surface area (Å²) in [6.07, 6.45) is 93.7. The summed E-state index contributed by atoms with van der Waals surface area (Å²) in [5, 5.41) is 0. The van der Waals surface area contributed by atoms with Crippen LogP contribution in [0.15, 0.2) is 72.9 Å². The Balaban J connectivity index is 4.27. The van der Waals surface area contributed by atoms with Crippen LogP contribution in [0.3, 0.4) is 0 Å². The van der Waals surface area contributed by atoms with Crippen LogP contribution in [-0.4, -0.2) is 37.2 Å². The van der Waals surface area contributed by atoms with Gasteiger partial charge in [0.25, 0.3) is 0 Å². The van der Waals surface area contributed by atoms with Gasteiger partial charge in [-0.2, -0.15) is 0 Å². The van der Waals surface area contributed by atoms with Crippen LogP contribution in [0.25, 0.3) is 0 Å². The van der Waals surface area contributed by atoms with Crippen LogP contribution in [0.4, 0.5) is 0 Å². The van der Waals surface area contributed by atoms with Gasteiger partial charge in [-0.25, -0.2) is 0 Å². The first-order valence-corrected chi connectivity index (χ1v) is 36.4. The number of rotatable bonds is 67. The zero-order valence-electron chi connectivity index (χ0n) is 55.5. The van der Waals surface area contributed by atoms with Gasteiger partial charge in [-0.15, -0.1) is 0 Å². The first-order chi connectivity index (χ1) is 41.0. The normalized spacial score (nSPS) is 12.5. The third-order valence-corrected chi connectivity index (χ3v) is 16.2. The van der Waals surface area contributed by atoms with Gasteiger partial charge in [0, 0.05) is 19.3 Å². The van der Waals surface area contributed by atoms with E-state index in [2.05, 4.69) is 93.7 Å². The molecule has 1 atom stereocenters. The van der Waals surface area contributed by atoms with Gasteiger partial charge in [0.15, 0.2) is 6.10 Å². The average molecular weight is 1160 g/mol. The maximum atomic E-state index is 13.0. The molecule has 0 fully saturated rings. The number of esters is 3. The largest absolute Gasteiger partial charge is 0.462 e. The van der Waals surface area contributed by atoms with Crippen LogP contribution in [0.2, 0.25) is 0 Å². The van der Waals surface area contributed by atoms with E-state index in [9.17, 15) is 14.4 Å². The molecule has 0 aliphatic heterocycles. The number of carbonyl (C=O) groups excluding carboxylic acids is 3. The monoisotopic (exact) mass is 1160 g/mol. The lowest BCUT2D eigenvalue weighted by Crippen LogP contribution is -2.30. The van der Waals surface area contributed by atoms with E-state index >= 15 is 0 Å². The number of ether oxygens (including phenoxy) is 3. The third kappa shape index (κ3) is 69.5. The van der Waals surface area contributed by atoms with Crippen molar-refractivity contribution in [3.05, 3.63) is 72.9 Å². The number of hydrogen-bond acceptors (Lipinski definition) is 6. The molecule has 0 saturated carbocycles. The molecular weight excluding hydrogens is 1020 g/mol. The van der Waals surface area contributed by atoms with Gasteiger partial charge in [-0.05, 0) is 89.9 Å². The summed E-state index contributed by atoms with van der Waals surface area (Å²) in [5.41, 5.74) is 0. The van der Waals surface area contributed by atoms with Crippen molar-refractivity contribution in [1.82, 2.24) is 0 Å². The Bertz CT molecular complexity index is 1520. The lowest BCUT2D eigenvalue weighted by Gasteiger charge is -2.18. The lowest BCUT2D eigenvalue weighted by atomic mass is 10.0. The van der Waals surface area contributed by atoms with Gasteiger partial charge in [-0.1, -0.05) is 344 Å². The molecule has 0 aliphatic rings. The fraction of sp³-hybridized carbons (Fsp3) is 0.805. The molecule has 83 heavy (non-hydrogen) atoms. The molecule has 0 aromatic carbocycles. The number of carbonyl (C=O) groups is 3. The zero-order valence-corrected chi connectivity index (χ0v) is 55.5. The first-order valence-electron chi connectivity index (χ1n) is 36.4. The van der Waals surface area contributed by atoms with Crippen LogP contribution >= 0.6 is 0 Å². The maximum Gasteiger partial charge on any atom is 0.306 e. The average Bonchev–Trinajstić information content (AvgIpc) is 3.49. The summed E-state index contributed by atoms with van der Waals surface area (Å²) in [5.74, 6) is -0.874. The summed E-state index contributed by atoms with van der Waals surface area (Å²) in [6.45, 7) is 6.57. The maximum absolute atomic E-state index is 13.0. The third-order valence-electron chi connectivity index (χ3n) is 16.2. The smallest absolute Gasteiger partial charge is 0.306 e. The second kappa shape index (κ2) is 71.3. The van der Waals surface area contributed by atoms with Crippen LogP contribution in [-0.2, 0) is 28.6 Å². The lowest BCUT2D eigenvalue weighted by molar-refractivity contribution is -0.167. The highest BCUT2D eigenvalue weighted by Gasteiger charge is 2.19.